The molecular formula is C14H15NO2. The maximum Gasteiger partial charge on any atom is 0.314 e. The molecule has 1 N–H and O–H groups in total. The molecule has 3 nitrogen and oxygen atoms in total. The summed E-state index contributed by atoms with van der Waals surface area (Å²) in [7, 11) is 0. The Balaban J connectivity index is 2.45. The Kier molecular flexibility index (Phi) is 3.14. The summed E-state index contributed by atoms with van der Waals surface area (Å²) < 4.78 is 0. The van der Waals surface area contributed by atoms with Crippen LogP contribution >= 0.6 is 0 Å². The molecule has 1 aromatic rings. The van der Waals surface area contributed by atoms with E-state index in [1.54, 1.807) is 18.2 Å². The summed E-state index contributed by atoms with van der Waals surface area (Å²) in [6.07, 6.45) is 4.35. The Labute approximate surface area is 101 Å². The molecular weight excluding hydrogens is 214 g/mol. The molecule has 0 bridgehead atoms. The molecule has 0 unspecified atom stereocenters. The smallest absolute Gasteiger partial charge is 0.314 e. The van der Waals surface area contributed by atoms with Crippen LogP contribution in [0.2, 0.25) is 0 Å². The molecule has 0 radical (unpaired) electrons. The van der Waals surface area contributed by atoms with Crippen LogP contribution in [-0.4, -0.2) is 11.1 Å². The van der Waals surface area contributed by atoms with Gasteiger partial charge in [0.05, 0.1) is 17.0 Å². The van der Waals surface area contributed by atoms with Gasteiger partial charge in [-0.05, 0) is 30.5 Å². The summed E-state index contributed by atoms with van der Waals surface area (Å²) in [5.41, 5.74) is 0.544. The van der Waals surface area contributed by atoms with E-state index in [9.17, 15) is 9.90 Å². The molecule has 1 saturated carbocycles. The van der Waals surface area contributed by atoms with Gasteiger partial charge in [-0.25, -0.2) is 0 Å². The number of aliphatic carboxylic acids is 1. The van der Waals surface area contributed by atoms with Gasteiger partial charge in [0.1, 0.15) is 0 Å². The topological polar surface area (TPSA) is 61.1 Å². The van der Waals surface area contributed by atoms with Crippen LogP contribution in [0.4, 0.5) is 0 Å². The average Bonchev–Trinajstić information content (AvgIpc) is 2.39. The molecule has 88 valence electrons. The third-order valence-electron chi connectivity index (χ3n) is 3.66. The Morgan fingerprint density at radius 1 is 1.29 bits per heavy atom. The Morgan fingerprint density at radius 3 is 2.59 bits per heavy atom. The fourth-order valence-electron chi connectivity index (χ4n) is 2.67. The van der Waals surface area contributed by atoms with Gasteiger partial charge in [0.15, 0.2) is 0 Å². The number of carboxylic acids is 1. The SMILES string of the molecule is N#Cc1cccc(C2(C(=O)O)CCCCC2)c1. The first-order chi connectivity index (χ1) is 8.19. The van der Waals surface area contributed by atoms with Crippen molar-refractivity contribution in [2.45, 2.75) is 37.5 Å². The number of hydrogen-bond donors (Lipinski definition) is 1. The number of rotatable bonds is 2. The second-order valence-electron chi connectivity index (χ2n) is 4.64. The van der Waals surface area contributed by atoms with Crippen molar-refractivity contribution >= 4 is 5.97 Å². The van der Waals surface area contributed by atoms with E-state index in [1.165, 1.54) is 0 Å². The first-order valence-corrected chi connectivity index (χ1v) is 5.93. The maximum atomic E-state index is 11.6. The summed E-state index contributed by atoms with van der Waals surface area (Å²) in [5.74, 6) is -0.757. The predicted molar refractivity (Wildman–Crippen MR) is 63.6 cm³/mol. The molecule has 2 rings (SSSR count). The number of carboxylic acid groups (broad SMARTS) is 1. The highest BCUT2D eigenvalue weighted by Gasteiger charge is 2.41. The van der Waals surface area contributed by atoms with Gasteiger partial charge in [0.25, 0.3) is 0 Å². The average molecular weight is 229 g/mol. The second-order valence-corrected chi connectivity index (χ2v) is 4.64. The third-order valence-corrected chi connectivity index (χ3v) is 3.66. The van der Waals surface area contributed by atoms with Gasteiger partial charge in [-0.2, -0.15) is 5.26 Å². The fourth-order valence-corrected chi connectivity index (χ4v) is 2.67. The second kappa shape index (κ2) is 4.58. The van der Waals surface area contributed by atoms with Crippen molar-refractivity contribution in [3.05, 3.63) is 35.4 Å². The number of carbonyl (C=O) groups is 1. The molecule has 0 aromatic heterocycles. The van der Waals surface area contributed by atoms with Crippen LogP contribution in [0.5, 0.6) is 0 Å². The minimum Gasteiger partial charge on any atom is -0.481 e. The summed E-state index contributed by atoms with van der Waals surface area (Å²) in [6.45, 7) is 0. The van der Waals surface area contributed by atoms with E-state index in [0.29, 0.717) is 18.4 Å². The van der Waals surface area contributed by atoms with E-state index in [0.717, 1.165) is 24.8 Å². The van der Waals surface area contributed by atoms with Crippen molar-refractivity contribution in [2.24, 2.45) is 0 Å². The number of nitriles is 1. The zero-order valence-corrected chi connectivity index (χ0v) is 9.65. The van der Waals surface area contributed by atoms with Gasteiger partial charge in [-0.3, -0.25) is 4.79 Å². The van der Waals surface area contributed by atoms with Gasteiger partial charge < -0.3 is 5.11 Å². The lowest BCUT2D eigenvalue weighted by molar-refractivity contribution is -0.145. The molecule has 0 saturated heterocycles. The molecule has 3 heteroatoms. The highest BCUT2D eigenvalue weighted by atomic mass is 16.4. The molecule has 0 amide bonds. The molecule has 0 aliphatic heterocycles. The number of benzene rings is 1. The van der Waals surface area contributed by atoms with E-state index in [4.69, 9.17) is 5.26 Å². The van der Waals surface area contributed by atoms with E-state index in [1.807, 2.05) is 6.07 Å². The van der Waals surface area contributed by atoms with Crippen LogP contribution in [0.15, 0.2) is 24.3 Å². The quantitative estimate of drug-likeness (QED) is 0.848. The van der Waals surface area contributed by atoms with Crippen LogP contribution in [0.3, 0.4) is 0 Å². The van der Waals surface area contributed by atoms with Gasteiger partial charge in [-0.1, -0.05) is 31.4 Å². The Bertz CT molecular complexity index is 467. The van der Waals surface area contributed by atoms with E-state index in [2.05, 4.69) is 6.07 Å². The number of nitrogens with zero attached hydrogens (tertiary/aromatic N) is 1. The van der Waals surface area contributed by atoms with Crippen LogP contribution in [-0.2, 0) is 10.2 Å². The first-order valence-electron chi connectivity index (χ1n) is 5.93. The van der Waals surface area contributed by atoms with Crippen LogP contribution in [0.1, 0.15) is 43.2 Å². The van der Waals surface area contributed by atoms with Crippen molar-refractivity contribution in [1.82, 2.24) is 0 Å². The summed E-state index contributed by atoms with van der Waals surface area (Å²) in [5, 5.41) is 18.4. The highest BCUT2D eigenvalue weighted by Crippen LogP contribution is 2.39. The molecule has 1 aromatic carbocycles. The highest BCUT2D eigenvalue weighted by molar-refractivity contribution is 5.81. The lowest BCUT2D eigenvalue weighted by atomic mass is 9.69. The predicted octanol–water partition coefficient (Wildman–Crippen LogP) is 2.84. The zero-order chi connectivity index (χ0) is 12.3. The standard InChI is InChI=1S/C14H15NO2/c15-10-11-5-4-6-12(9-11)14(13(16)17)7-2-1-3-8-14/h4-6,9H,1-3,7-8H2,(H,16,17). The van der Waals surface area contributed by atoms with Gasteiger partial charge >= 0.3 is 5.97 Å². The minimum atomic E-state index is -0.773. The van der Waals surface area contributed by atoms with Crippen LogP contribution < -0.4 is 0 Å². The number of hydrogen-bond acceptors (Lipinski definition) is 2. The lowest BCUT2D eigenvalue weighted by Crippen LogP contribution is -2.37. The van der Waals surface area contributed by atoms with Crippen molar-refractivity contribution in [3.63, 3.8) is 0 Å². The van der Waals surface area contributed by atoms with Crippen LogP contribution in [0.25, 0.3) is 0 Å². The van der Waals surface area contributed by atoms with Crippen molar-refractivity contribution in [1.29, 1.82) is 5.26 Å². The molecule has 17 heavy (non-hydrogen) atoms. The molecule has 0 spiro atoms. The Morgan fingerprint density at radius 2 is 2.00 bits per heavy atom. The van der Waals surface area contributed by atoms with E-state index < -0.39 is 11.4 Å². The van der Waals surface area contributed by atoms with Gasteiger partial charge in [0.2, 0.25) is 0 Å². The monoisotopic (exact) mass is 229 g/mol. The maximum absolute atomic E-state index is 11.6. The van der Waals surface area contributed by atoms with Gasteiger partial charge in [-0.15, -0.1) is 0 Å². The van der Waals surface area contributed by atoms with E-state index in [-0.39, 0.29) is 0 Å². The summed E-state index contributed by atoms with van der Waals surface area (Å²) in [6, 6.07) is 9.11. The van der Waals surface area contributed by atoms with Crippen molar-refractivity contribution < 1.29 is 9.90 Å². The Hall–Kier alpha value is -1.82. The molecule has 0 atom stereocenters. The van der Waals surface area contributed by atoms with Crippen LogP contribution in [0, 0.1) is 11.3 Å². The van der Waals surface area contributed by atoms with E-state index >= 15 is 0 Å². The van der Waals surface area contributed by atoms with Crippen molar-refractivity contribution in [3.8, 4) is 6.07 Å². The molecule has 1 aliphatic rings. The fraction of sp³-hybridized carbons (Fsp3) is 0.429. The first kappa shape index (κ1) is 11.7. The molecule has 0 heterocycles. The molecule has 1 aliphatic carbocycles. The minimum absolute atomic E-state index is 0.536. The summed E-state index contributed by atoms with van der Waals surface area (Å²) in [4.78, 5) is 11.6. The lowest BCUT2D eigenvalue weighted by Gasteiger charge is -2.33. The van der Waals surface area contributed by atoms with Crippen molar-refractivity contribution in [2.75, 3.05) is 0 Å². The summed E-state index contributed by atoms with van der Waals surface area (Å²) >= 11 is 0. The normalized spacial score (nSPS) is 18.3. The largest absolute Gasteiger partial charge is 0.481 e. The molecule has 1 fully saturated rings. The third kappa shape index (κ3) is 2.03. The zero-order valence-electron chi connectivity index (χ0n) is 9.65. The van der Waals surface area contributed by atoms with Gasteiger partial charge in [0, 0.05) is 0 Å².